The highest BCUT2D eigenvalue weighted by atomic mass is 32.1. The molecule has 0 saturated carbocycles. The number of carbonyl (C=O) groups is 1. The summed E-state index contributed by atoms with van der Waals surface area (Å²) in [4.78, 5) is 22.0. The van der Waals surface area contributed by atoms with E-state index in [4.69, 9.17) is 0 Å². The summed E-state index contributed by atoms with van der Waals surface area (Å²) in [6.07, 6.45) is 2.51. The Hall–Kier alpha value is -2.07. The molecule has 0 N–H and O–H groups in total. The van der Waals surface area contributed by atoms with Gasteiger partial charge in [-0.3, -0.25) is 9.78 Å². The van der Waals surface area contributed by atoms with Gasteiger partial charge in [-0.05, 0) is 44.0 Å². The maximum atomic E-state index is 11.9. The van der Waals surface area contributed by atoms with Crippen molar-refractivity contribution in [2.24, 2.45) is 0 Å². The van der Waals surface area contributed by atoms with Gasteiger partial charge in [0, 0.05) is 23.1 Å². The average Bonchev–Trinajstić information content (AvgIpc) is 2.92. The van der Waals surface area contributed by atoms with Gasteiger partial charge in [0.25, 0.3) is 0 Å². The van der Waals surface area contributed by atoms with E-state index in [1.165, 1.54) is 11.3 Å². The molecule has 0 spiro atoms. The molecule has 0 atom stereocenters. The second-order valence-corrected chi connectivity index (χ2v) is 6.43. The van der Waals surface area contributed by atoms with E-state index in [-0.39, 0.29) is 5.78 Å². The number of pyridine rings is 1. The molecular formula is C17H14N2OS. The third-order valence-electron chi connectivity index (χ3n) is 3.84. The summed E-state index contributed by atoms with van der Waals surface area (Å²) >= 11 is 1.53. The van der Waals surface area contributed by atoms with Gasteiger partial charge in [-0.15, -0.1) is 11.3 Å². The number of ketones is 1. The van der Waals surface area contributed by atoms with Crippen LogP contribution in [-0.4, -0.2) is 15.8 Å². The molecule has 0 aliphatic heterocycles. The van der Waals surface area contributed by atoms with E-state index < -0.39 is 0 Å². The lowest BCUT2D eigenvalue weighted by atomic mass is 10.0. The van der Waals surface area contributed by atoms with Crippen LogP contribution in [-0.2, 0) is 6.42 Å². The average molecular weight is 294 g/mol. The molecule has 3 aromatic rings. The van der Waals surface area contributed by atoms with Crippen LogP contribution in [0.15, 0.2) is 30.3 Å². The van der Waals surface area contributed by atoms with Crippen LogP contribution in [0.25, 0.3) is 21.5 Å². The lowest BCUT2D eigenvalue weighted by Gasteiger charge is -2.06. The van der Waals surface area contributed by atoms with Gasteiger partial charge in [0.1, 0.15) is 5.01 Å². The second kappa shape index (κ2) is 4.74. The van der Waals surface area contributed by atoms with E-state index in [9.17, 15) is 4.79 Å². The highest BCUT2D eigenvalue weighted by Crippen LogP contribution is 2.33. The van der Waals surface area contributed by atoms with E-state index in [1.807, 2.05) is 25.1 Å². The van der Waals surface area contributed by atoms with Gasteiger partial charge in [-0.1, -0.05) is 6.07 Å². The number of benzene rings is 1. The number of Topliss-reactive ketones (excluding diaryl/α,β-unsaturated/α-hetero) is 1. The summed E-state index contributed by atoms with van der Waals surface area (Å²) in [7, 11) is 0. The van der Waals surface area contributed by atoms with Gasteiger partial charge in [-0.25, -0.2) is 4.98 Å². The van der Waals surface area contributed by atoms with Gasteiger partial charge in [-0.2, -0.15) is 0 Å². The number of fused-ring (bicyclic) bond motifs is 2. The largest absolute Gasteiger partial charge is 0.293 e. The monoisotopic (exact) mass is 294 g/mol. The number of aryl methyl sites for hydroxylation is 2. The van der Waals surface area contributed by atoms with Crippen molar-refractivity contribution < 1.29 is 4.79 Å². The van der Waals surface area contributed by atoms with E-state index >= 15 is 0 Å². The van der Waals surface area contributed by atoms with Crippen molar-refractivity contribution >= 4 is 28.0 Å². The first kappa shape index (κ1) is 12.7. The van der Waals surface area contributed by atoms with Crippen LogP contribution in [0.2, 0.25) is 0 Å². The zero-order valence-electron chi connectivity index (χ0n) is 11.7. The van der Waals surface area contributed by atoms with Crippen LogP contribution >= 0.6 is 11.3 Å². The summed E-state index contributed by atoms with van der Waals surface area (Å²) in [5.41, 5.74) is 4.07. The molecule has 4 rings (SSSR count). The summed E-state index contributed by atoms with van der Waals surface area (Å²) in [6.45, 7) is 1.99. The maximum Gasteiger partial charge on any atom is 0.174 e. The van der Waals surface area contributed by atoms with Crippen molar-refractivity contribution in [1.29, 1.82) is 0 Å². The molecule has 1 aromatic carbocycles. The molecule has 104 valence electrons. The molecule has 4 heteroatoms. The van der Waals surface area contributed by atoms with Gasteiger partial charge >= 0.3 is 0 Å². The van der Waals surface area contributed by atoms with Crippen molar-refractivity contribution in [2.45, 2.75) is 26.2 Å². The summed E-state index contributed by atoms with van der Waals surface area (Å²) < 4.78 is 0. The Morgan fingerprint density at radius 1 is 1.10 bits per heavy atom. The fourth-order valence-corrected chi connectivity index (χ4v) is 3.83. The van der Waals surface area contributed by atoms with Crippen LogP contribution in [0.4, 0.5) is 0 Å². The van der Waals surface area contributed by atoms with Crippen LogP contribution in [0.3, 0.4) is 0 Å². The molecule has 2 heterocycles. The molecule has 0 saturated heterocycles. The Balaban J connectivity index is 1.83. The zero-order valence-corrected chi connectivity index (χ0v) is 12.5. The highest BCUT2D eigenvalue weighted by molar-refractivity contribution is 7.17. The quantitative estimate of drug-likeness (QED) is 0.676. The van der Waals surface area contributed by atoms with Crippen molar-refractivity contribution in [1.82, 2.24) is 9.97 Å². The maximum absolute atomic E-state index is 11.9. The predicted molar refractivity (Wildman–Crippen MR) is 84.9 cm³/mol. The van der Waals surface area contributed by atoms with Gasteiger partial charge in [0.15, 0.2) is 5.78 Å². The minimum atomic E-state index is 0.248. The molecule has 2 aromatic heterocycles. The van der Waals surface area contributed by atoms with Crippen LogP contribution in [0.1, 0.15) is 33.9 Å². The molecule has 21 heavy (non-hydrogen) atoms. The van der Waals surface area contributed by atoms with E-state index in [2.05, 4.69) is 22.1 Å². The SMILES string of the molecule is Cc1ccc2cc(-c3nc4c(s3)C(=O)CCC4)ccc2n1. The van der Waals surface area contributed by atoms with Crippen LogP contribution in [0, 0.1) is 6.92 Å². The summed E-state index contributed by atoms with van der Waals surface area (Å²) in [5, 5.41) is 2.05. The number of carbonyl (C=O) groups excluding carboxylic acids is 1. The van der Waals surface area contributed by atoms with E-state index in [1.54, 1.807) is 0 Å². The predicted octanol–water partition coefficient (Wildman–Crippen LogP) is 4.19. The zero-order chi connectivity index (χ0) is 14.4. The lowest BCUT2D eigenvalue weighted by Crippen LogP contribution is -2.07. The third kappa shape index (κ3) is 2.16. The highest BCUT2D eigenvalue weighted by Gasteiger charge is 2.22. The smallest absolute Gasteiger partial charge is 0.174 e. The molecule has 3 nitrogen and oxygen atoms in total. The second-order valence-electron chi connectivity index (χ2n) is 5.43. The van der Waals surface area contributed by atoms with Crippen LogP contribution in [0.5, 0.6) is 0 Å². The third-order valence-corrected chi connectivity index (χ3v) is 5.03. The molecule has 0 unspecified atom stereocenters. The molecule has 0 bridgehead atoms. The van der Waals surface area contributed by atoms with Crippen molar-refractivity contribution in [3.63, 3.8) is 0 Å². The fraction of sp³-hybridized carbons (Fsp3) is 0.235. The molecule has 0 amide bonds. The number of hydrogen-bond acceptors (Lipinski definition) is 4. The number of nitrogens with zero attached hydrogens (tertiary/aromatic N) is 2. The Labute approximate surface area is 126 Å². The first-order chi connectivity index (χ1) is 10.2. The molecule has 1 aliphatic carbocycles. The standard InChI is InChI=1S/C17H14N2OS/c1-10-5-6-11-9-12(7-8-13(11)18-10)17-19-14-3-2-4-15(20)16(14)21-17/h5-9H,2-4H2,1H3. The molecule has 0 fully saturated rings. The normalized spacial score (nSPS) is 14.4. The minimum Gasteiger partial charge on any atom is -0.293 e. The summed E-state index contributed by atoms with van der Waals surface area (Å²) in [6, 6.07) is 10.3. The van der Waals surface area contributed by atoms with Crippen molar-refractivity contribution in [3.05, 3.63) is 46.6 Å². The first-order valence-electron chi connectivity index (χ1n) is 7.11. The van der Waals surface area contributed by atoms with Gasteiger partial charge in [0.2, 0.25) is 0 Å². The molecular weight excluding hydrogens is 280 g/mol. The minimum absolute atomic E-state index is 0.248. The number of rotatable bonds is 1. The fourth-order valence-electron chi connectivity index (χ4n) is 2.75. The number of thiazole rings is 1. The summed E-state index contributed by atoms with van der Waals surface area (Å²) in [5.74, 6) is 0.248. The molecule has 0 radical (unpaired) electrons. The number of aromatic nitrogens is 2. The Kier molecular flexibility index (Phi) is 2.86. The number of hydrogen-bond donors (Lipinski definition) is 0. The van der Waals surface area contributed by atoms with Crippen molar-refractivity contribution in [3.8, 4) is 10.6 Å². The topological polar surface area (TPSA) is 42.9 Å². The Bertz CT molecular complexity index is 866. The molecule has 1 aliphatic rings. The Morgan fingerprint density at radius 3 is 2.86 bits per heavy atom. The Morgan fingerprint density at radius 2 is 2.00 bits per heavy atom. The van der Waals surface area contributed by atoms with E-state index in [0.717, 1.165) is 50.6 Å². The van der Waals surface area contributed by atoms with Crippen LogP contribution < -0.4 is 0 Å². The van der Waals surface area contributed by atoms with Gasteiger partial charge < -0.3 is 0 Å². The van der Waals surface area contributed by atoms with Crippen molar-refractivity contribution in [2.75, 3.05) is 0 Å². The van der Waals surface area contributed by atoms with E-state index in [0.29, 0.717) is 6.42 Å². The first-order valence-corrected chi connectivity index (χ1v) is 7.93. The lowest BCUT2D eigenvalue weighted by molar-refractivity contribution is 0.0976. The van der Waals surface area contributed by atoms with Gasteiger partial charge in [0.05, 0.1) is 16.1 Å².